The van der Waals surface area contributed by atoms with E-state index in [0.29, 0.717) is 6.10 Å². The minimum absolute atomic E-state index is 0.360. The molecular weight excluding hydrogens is 206 g/mol. The Kier molecular flexibility index (Phi) is 6.69. The molecule has 0 radical (unpaired) electrons. The van der Waals surface area contributed by atoms with Gasteiger partial charge in [-0.1, -0.05) is 0 Å². The van der Waals surface area contributed by atoms with E-state index < -0.39 is 0 Å². The Morgan fingerprint density at radius 3 is 2.47 bits per heavy atom. The number of thioether (sulfide) groups is 1. The van der Waals surface area contributed by atoms with E-state index in [0.717, 1.165) is 24.4 Å². The molecule has 0 bridgehead atoms. The Hall–Kier alpha value is 0.270. The zero-order valence-electron chi connectivity index (χ0n) is 10.3. The molecule has 15 heavy (non-hydrogen) atoms. The largest absolute Gasteiger partial charge is 0.377 e. The van der Waals surface area contributed by atoms with Gasteiger partial charge in [0.1, 0.15) is 0 Å². The van der Waals surface area contributed by atoms with E-state index in [4.69, 9.17) is 4.74 Å². The van der Waals surface area contributed by atoms with Crippen molar-refractivity contribution < 1.29 is 4.74 Å². The molecule has 1 N–H and O–H groups in total. The molecule has 3 heteroatoms. The first-order chi connectivity index (χ1) is 7.22. The molecule has 1 saturated carbocycles. The molecule has 0 amide bonds. The molecule has 0 aromatic carbocycles. The smallest absolute Gasteiger partial charge is 0.0594 e. The van der Waals surface area contributed by atoms with Crippen LogP contribution < -0.4 is 5.32 Å². The highest BCUT2D eigenvalue weighted by molar-refractivity contribution is 7.99. The van der Waals surface area contributed by atoms with Gasteiger partial charge in [-0.2, -0.15) is 11.8 Å². The fourth-order valence-electron chi connectivity index (χ4n) is 2.06. The standard InChI is InChI=1S/C12H25NOS/c1-10(2)14-9-8-13-11-4-6-12(15-3)7-5-11/h10-13H,4-9H2,1-3H3. The zero-order chi connectivity index (χ0) is 11.1. The molecule has 0 saturated heterocycles. The minimum atomic E-state index is 0.360. The third-order valence-corrected chi connectivity index (χ3v) is 4.13. The number of hydrogen-bond acceptors (Lipinski definition) is 3. The van der Waals surface area contributed by atoms with E-state index in [1.165, 1.54) is 25.7 Å². The van der Waals surface area contributed by atoms with Gasteiger partial charge >= 0.3 is 0 Å². The summed E-state index contributed by atoms with van der Waals surface area (Å²) in [5.74, 6) is 0. The summed E-state index contributed by atoms with van der Waals surface area (Å²) in [5, 5.41) is 4.50. The van der Waals surface area contributed by atoms with Crippen LogP contribution in [0.3, 0.4) is 0 Å². The van der Waals surface area contributed by atoms with Crippen LogP contribution in [0.25, 0.3) is 0 Å². The molecule has 2 nitrogen and oxygen atoms in total. The average molecular weight is 231 g/mol. The lowest BCUT2D eigenvalue weighted by atomic mass is 9.95. The van der Waals surface area contributed by atoms with Crippen molar-refractivity contribution >= 4 is 11.8 Å². The number of hydrogen-bond donors (Lipinski definition) is 1. The van der Waals surface area contributed by atoms with Crippen LogP contribution in [-0.2, 0) is 4.74 Å². The molecule has 0 aliphatic heterocycles. The molecule has 1 aliphatic rings. The van der Waals surface area contributed by atoms with Crippen molar-refractivity contribution in [3.8, 4) is 0 Å². The lowest BCUT2D eigenvalue weighted by Crippen LogP contribution is -2.36. The summed E-state index contributed by atoms with van der Waals surface area (Å²) in [5.41, 5.74) is 0. The molecule has 1 fully saturated rings. The molecule has 0 spiro atoms. The van der Waals surface area contributed by atoms with E-state index in [9.17, 15) is 0 Å². The fraction of sp³-hybridized carbons (Fsp3) is 1.00. The highest BCUT2D eigenvalue weighted by Gasteiger charge is 2.19. The number of nitrogens with one attached hydrogen (secondary N) is 1. The quantitative estimate of drug-likeness (QED) is 0.710. The molecule has 0 aromatic rings. The fourth-order valence-corrected chi connectivity index (χ4v) is 2.80. The first kappa shape index (κ1) is 13.3. The van der Waals surface area contributed by atoms with Crippen molar-refractivity contribution in [3.05, 3.63) is 0 Å². The Bertz CT molecular complexity index is 156. The summed E-state index contributed by atoms with van der Waals surface area (Å²) in [7, 11) is 0. The molecule has 1 aliphatic carbocycles. The Morgan fingerprint density at radius 2 is 1.93 bits per heavy atom. The van der Waals surface area contributed by atoms with Crippen molar-refractivity contribution in [1.29, 1.82) is 0 Å². The predicted molar refractivity (Wildman–Crippen MR) is 68.6 cm³/mol. The third kappa shape index (κ3) is 5.79. The van der Waals surface area contributed by atoms with E-state index in [1.54, 1.807) is 0 Å². The van der Waals surface area contributed by atoms with Crippen molar-refractivity contribution in [2.24, 2.45) is 0 Å². The second kappa shape index (κ2) is 7.53. The molecular formula is C12H25NOS. The first-order valence-corrected chi connectivity index (χ1v) is 7.39. The zero-order valence-corrected chi connectivity index (χ0v) is 11.1. The molecule has 90 valence electrons. The summed E-state index contributed by atoms with van der Waals surface area (Å²) in [4.78, 5) is 0. The second-order valence-electron chi connectivity index (χ2n) is 4.58. The van der Waals surface area contributed by atoms with Gasteiger partial charge in [-0.05, 0) is 45.8 Å². The van der Waals surface area contributed by atoms with Gasteiger partial charge in [0.15, 0.2) is 0 Å². The Labute approximate surface area is 98.5 Å². The van der Waals surface area contributed by atoms with Crippen LogP contribution in [0.5, 0.6) is 0 Å². The molecule has 0 heterocycles. The van der Waals surface area contributed by atoms with Gasteiger partial charge in [0.2, 0.25) is 0 Å². The van der Waals surface area contributed by atoms with Crippen LogP contribution in [0.4, 0.5) is 0 Å². The Morgan fingerprint density at radius 1 is 1.27 bits per heavy atom. The monoisotopic (exact) mass is 231 g/mol. The SMILES string of the molecule is CSC1CCC(NCCOC(C)C)CC1. The van der Waals surface area contributed by atoms with Gasteiger partial charge in [0.25, 0.3) is 0 Å². The normalized spacial score (nSPS) is 27.2. The van der Waals surface area contributed by atoms with Crippen LogP contribution in [0.2, 0.25) is 0 Å². The number of ether oxygens (including phenoxy) is 1. The minimum Gasteiger partial charge on any atom is -0.377 e. The topological polar surface area (TPSA) is 21.3 Å². The maximum absolute atomic E-state index is 5.51. The average Bonchev–Trinajstić information content (AvgIpc) is 2.25. The predicted octanol–water partition coefficient (Wildman–Crippen LogP) is 2.68. The van der Waals surface area contributed by atoms with Crippen LogP contribution in [0.15, 0.2) is 0 Å². The lowest BCUT2D eigenvalue weighted by Gasteiger charge is -2.28. The summed E-state index contributed by atoms with van der Waals surface area (Å²) in [6.07, 6.45) is 8.03. The summed E-state index contributed by atoms with van der Waals surface area (Å²) < 4.78 is 5.51. The van der Waals surface area contributed by atoms with Crippen molar-refractivity contribution in [2.45, 2.75) is 56.9 Å². The summed E-state index contributed by atoms with van der Waals surface area (Å²) >= 11 is 2.03. The lowest BCUT2D eigenvalue weighted by molar-refractivity contribution is 0.0785. The van der Waals surface area contributed by atoms with E-state index in [-0.39, 0.29) is 0 Å². The van der Waals surface area contributed by atoms with E-state index in [2.05, 4.69) is 25.4 Å². The highest BCUT2D eigenvalue weighted by atomic mass is 32.2. The van der Waals surface area contributed by atoms with E-state index in [1.807, 2.05) is 11.8 Å². The van der Waals surface area contributed by atoms with Crippen molar-refractivity contribution in [1.82, 2.24) is 5.32 Å². The molecule has 1 rings (SSSR count). The van der Waals surface area contributed by atoms with Gasteiger partial charge in [0, 0.05) is 17.8 Å². The molecule has 0 aromatic heterocycles. The van der Waals surface area contributed by atoms with Gasteiger partial charge in [-0.15, -0.1) is 0 Å². The third-order valence-electron chi connectivity index (χ3n) is 2.99. The summed E-state index contributed by atoms with van der Waals surface area (Å²) in [6.45, 7) is 6.03. The van der Waals surface area contributed by atoms with Gasteiger partial charge in [-0.25, -0.2) is 0 Å². The maximum atomic E-state index is 5.51. The Balaban J connectivity index is 1.99. The maximum Gasteiger partial charge on any atom is 0.0594 e. The van der Waals surface area contributed by atoms with Crippen LogP contribution >= 0.6 is 11.8 Å². The van der Waals surface area contributed by atoms with E-state index >= 15 is 0 Å². The van der Waals surface area contributed by atoms with Crippen LogP contribution in [0.1, 0.15) is 39.5 Å². The highest BCUT2D eigenvalue weighted by Crippen LogP contribution is 2.26. The van der Waals surface area contributed by atoms with Crippen LogP contribution in [0, 0.1) is 0 Å². The molecule has 0 atom stereocenters. The number of rotatable bonds is 6. The summed E-state index contributed by atoms with van der Waals surface area (Å²) in [6, 6.07) is 0.740. The second-order valence-corrected chi connectivity index (χ2v) is 5.72. The van der Waals surface area contributed by atoms with Gasteiger partial charge in [-0.3, -0.25) is 0 Å². The van der Waals surface area contributed by atoms with Crippen molar-refractivity contribution in [3.63, 3.8) is 0 Å². The van der Waals surface area contributed by atoms with Gasteiger partial charge < -0.3 is 10.1 Å². The van der Waals surface area contributed by atoms with Crippen LogP contribution in [-0.4, -0.2) is 36.8 Å². The van der Waals surface area contributed by atoms with Crippen molar-refractivity contribution in [2.75, 3.05) is 19.4 Å². The molecule has 0 unspecified atom stereocenters. The van der Waals surface area contributed by atoms with Gasteiger partial charge in [0.05, 0.1) is 12.7 Å². The first-order valence-electron chi connectivity index (χ1n) is 6.10.